The molecule has 0 radical (unpaired) electrons. The van der Waals surface area contributed by atoms with Gasteiger partial charge >= 0.3 is 6.18 Å². The van der Waals surface area contributed by atoms with Gasteiger partial charge in [0.05, 0.1) is 12.6 Å². The number of hydrogen-bond donors (Lipinski definition) is 1. The molecule has 2 rings (SSSR count). The van der Waals surface area contributed by atoms with Gasteiger partial charge in [0.2, 0.25) is 0 Å². The summed E-state index contributed by atoms with van der Waals surface area (Å²) in [5.41, 5.74) is 0.544. The molecule has 1 aliphatic rings. The molecule has 2 nitrogen and oxygen atoms in total. The van der Waals surface area contributed by atoms with Crippen LogP contribution in [0.1, 0.15) is 30.9 Å². The number of aliphatic hydroxyl groups is 1. The van der Waals surface area contributed by atoms with Gasteiger partial charge in [0.1, 0.15) is 0 Å². The topological polar surface area (TPSA) is 23.5 Å². The summed E-state index contributed by atoms with van der Waals surface area (Å²) in [4.78, 5) is 1.40. The fourth-order valence-corrected chi connectivity index (χ4v) is 3.08. The van der Waals surface area contributed by atoms with E-state index in [0.717, 1.165) is 17.3 Å². The van der Waals surface area contributed by atoms with Crippen molar-refractivity contribution in [3.05, 3.63) is 33.3 Å². The van der Waals surface area contributed by atoms with E-state index in [4.69, 9.17) is 11.6 Å². The van der Waals surface area contributed by atoms with E-state index in [2.05, 4.69) is 15.9 Å². The third-order valence-corrected chi connectivity index (χ3v) is 4.28. The Balaban J connectivity index is 1.93. The predicted molar refractivity (Wildman–Crippen MR) is 79.4 cm³/mol. The molecule has 1 N–H and O–H groups in total. The Bertz CT molecular complexity index is 494. The fraction of sp³-hybridized carbons (Fsp3) is 0.571. The lowest BCUT2D eigenvalue weighted by Crippen LogP contribution is -2.37. The molecule has 0 bridgehead atoms. The van der Waals surface area contributed by atoms with E-state index in [1.54, 1.807) is 18.2 Å². The van der Waals surface area contributed by atoms with Gasteiger partial charge in [0, 0.05) is 22.1 Å². The van der Waals surface area contributed by atoms with Gasteiger partial charge in [0.25, 0.3) is 0 Å². The summed E-state index contributed by atoms with van der Waals surface area (Å²) in [6.45, 7) is -0.712. The molecule has 1 unspecified atom stereocenters. The second-order valence-electron chi connectivity index (χ2n) is 5.29. The number of nitrogens with zero attached hydrogens (tertiary/aromatic N) is 1. The van der Waals surface area contributed by atoms with Gasteiger partial charge in [-0.05, 0) is 37.0 Å². The van der Waals surface area contributed by atoms with Gasteiger partial charge in [-0.2, -0.15) is 13.2 Å². The summed E-state index contributed by atoms with van der Waals surface area (Å²) >= 11 is 9.31. The summed E-state index contributed by atoms with van der Waals surface area (Å²) in [5, 5.41) is 10.5. The van der Waals surface area contributed by atoms with Crippen molar-refractivity contribution in [2.75, 3.05) is 13.1 Å². The first-order valence-electron chi connectivity index (χ1n) is 6.70. The van der Waals surface area contributed by atoms with Crippen LogP contribution in [-0.2, 0) is 0 Å². The SMILES string of the molecule is OC(CCN(CC(F)(F)F)C1CC1)c1ccc(Br)cc1Cl. The standard InChI is InChI=1S/C14H16BrClF3NO/c15-9-1-4-11(12(16)7-9)13(21)5-6-20(10-2-3-10)8-14(17,18)19/h1,4,7,10,13,21H,2-3,5-6,8H2. The van der Waals surface area contributed by atoms with Crippen molar-refractivity contribution in [2.45, 2.75) is 37.6 Å². The van der Waals surface area contributed by atoms with Crippen LogP contribution in [0.25, 0.3) is 0 Å². The Morgan fingerprint density at radius 2 is 2.05 bits per heavy atom. The summed E-state index contributed by atoms with van der Waals surface area (Å²) in [6.07, 6.45) is -3.24. The number of benzene rings is 1. The van der Waals surface area contributed by atoms with Crippen molar-refractivity contribution in [1.29, 1.82) is 0 Å². The van der Waals surface area contributed by atoms with Crippen LogP contribution in [-0.4, -0.2) is 35.3 Å². The lowest BCUT2D eigenvalue weighted by Gasteiger charge is -2.24. The molecule has 1 aliphatic carbocycles. The van der Waals surface area contributed by atoms with Crippen LogP contribution in [0.15, 0.2) is 22.7 Å². The Labute approximate surface area is 135 Å². The van der Waals surface area contributed by atoms with E-state index >= 15 is 0 Å². The zero-order valence-corrected chi connectivity index (χ0v) is 13.5. The highest BCUT2D eigenvalue weighted by Crippen LogP contribution is 2.32. The summed E-state index contributed by atoms with van der Waals surface area (Å²) in [6, 6.07) is 5.09. The maximum Gasteiger partial charge on any atom is 0.401 e. The molecule has 1 fully saturated rings. The van der Waals surface area contributed by atoms with Crippen molar-refractivity contribution >= 4 is 27.5 Å². The monoisotopic (exact) mass is 385 g/mol. The third-order valence-electron chi connectivity index (χ3n) is 3.46. The van der Waals surface area contributed by atoms with E-state index in [9.17, 15) is 18.3 Å². The zero-order valence-electron chi connectivity index (χ0n) is 11.2. The maximum absolute atomic E-state index is 12.5. The Hall–Kier alpha value is -0.300. The van der Waals surface area contributed by atoms with Crippen molar-refractivity contribution in [2.24, 2.45) is 0 Å². The van der Waals surface area contributed by atoms with Gasteiger partial charge in [-0.15, -0.1) is 0 Å². The molecule has 1 saturated carbocycles. The van der Waals surface area contributed by atoms with E-state index in [0.29, 0.717) is 10.6 Å². The van der Waals surface area contributed by atoms with Crippen LogP contribution in [0.5, 0.6) is 0 Å². The van der Waals surface area contributed by atoms with E-state index in [-0.39, 0.29) is 19.0 Å². The number of aliphatic hydroxyl groups excluding tert-OH is 1. The molecule has 0 saturated heterocycles. The lowest BCUT2D eigenvalue weighted by molar-refractivity contribution is -0.147. The maximum atomic E-state index is 12.5. The second-order valence-corrected chi connectivity index (χ2v) is 6.61. The van der Waals surface area contributed by atoms with Crippen LogP contribution < -0.4 is 0 Å². The van der Waals surface area contributed by atoms with E-state index < -0.39 is 18.8 Å². The first kappa shape index (κ1) is 17.1. The summed E-state index contributed by atoms with van der Waals surface area (Å²) < 4.78 is 38.3. The van der Waals surface area contributed by atoms with Gasteiger partial charge in [-0.1, -0.05) is 33.6 Å². The average molecular weight is 387 g/mol. The Kier molecular flexibility index (Phi) is 5.57. The van der Waals surface area contributed by atoms with E-state index in [1.807, 2.05) is 0 Å². The van der Waals surface area contributed by atoms with Crippen molar-refractivity contribution < 1.29 is 18.3 Å². The highest BCUT2D eigenvalue weighted by molar-refractivity contribution is 9.10. The van der Waals surface area contributed by atoms with Crippen LogP contribution >= 0.6 is 27.5 Å². The largest absolute Gasteiger partial charge is 0.401 e. The van der Waals surface area contributed by atoms with Crippen molar-refractivity contribution in [3.8, 4) is 0 Å². The van der Waals surface area contributed by atoms with Crippen LogP contribution in [0.4, 0.5) is 13.2 Å². The van der Waals surface area contributed by atoms with Crippen LogP contribution in [0.2, 0.25) is 5.02 Å². The van der Waals surface area contributed by atoms with Crippen molar-refractivity contribution in [3.63, 3.8) is 0 Å². The molecule has 7 heteroatoms. The molecule has 21 heavy (non-hydrogen) atoms. The minimum Gasteiger partial charge on any atom is -0.388 e. The van der Waals surface area contributed by atoms with Gasteiger partial charge in [0.15, 0.2) is 0 Å². The normalized spacial score (nSPS) is 17.3. The number of alkyl halides is 3. The zero-order chi connectivity index (χ0) is 15.6. The molecule has 1 atom stereocenters. The number of hydrogen-bond acceptors (Lipinski definition) is 2. The summed E-state index contributed by atoms with van der Waals surface area (Å²) in [7, 11) is 0. The van der Waals surface area contributed by atoms with Gasteiger partial charge in [-0.25, -0.2) is 0 Å². The minimum absolute atomic E-state index is 0.000727. The van der Waals surface area contributed by atoms with Crippen LogP contribution in [0.3, 0.4) is 0 Å². The molecule has 0 aliphatic heterocycles. The van der Waals surface area contributed by atoms with E-state index in [1.165, 1.54) is 4.90 Å². The minimum atomic E-state index is -4.21. The highest BCUT2D eigenvalue weighted by Gasteiger charge is 2.37. The molecule has 0 spiro atoms. The lowest BCUT2D eigenvalue weighted by atomic mass is 10.1. The fourth-order valence-electron chi connectivity index (χ4n) is 2.28. The number of halogens is 5. The molecule has 1 aromatic carbocycles. The number of rotatable bonds is 6. The van der Waals surface area contributed by atoms with Crippen molar-refractivity contribution in [1.82, 2.24) is 4.90 Å². The molecule has 0 aromatic heterocycles. The summed E-state index contributed by atoms with van der Waals surface area (Å²) in [5.74, 6) is 0. The molecular weight excluding hydrogens is 371 g/mol. The Morgan fingerprint density at radius 1 is 1.38 bits per heavy atom. The molecule has 1 aromatic rings. The van der Waals surface area contributed by atoms with Gasteiger partial charge < -0.3 is 5.11 Å². The Morgan fingerprint density at radius 3 is 2.57 bits per heavy atom. The second kappa shape index (κ2) is 6.86. The highest BCUT2D eigenvalue weighted by atomic mass is 79.9. The quantitative estimate of drug-likeness (QED) is 0.775. The third kappa shape index (κ3) is 5.43. The average Bonchev–Trinajstić information content (AvgIpc) is 3.16. The smallest absolute Gasteiger partial charge is 0.388 e. The van der Waals surface area contributed by atoms with Crippen LogP contribution in [0, 0.1) is 0 Å². The molecular formula is C14H16BrClF3NO. The first-order valence-corrected chi connectivity index (χ1v) is 7.87. The first-order chi connectivity index (χ1) is 9.76. The molecule has 0 heterocycles. The van der Waals surface area contributed by atoms with Gasteiger partial charge in [-0.3, -0.25) is 4.90 Å². The molecule has 0 amide bonds. The molecule has 118 valence electrons. The predicted octanol–water partition coefficient (Wildman–Crippen LogP) is 4.55.